The van der Waals surface area contributed by atoms with Gasteiger partial charge in [0.25, 0.3) is 0 Å². The van der Waals surface area contributed by atoms with Crippen LogP contribution in [0, 0.1) is 17.8 Å². The molecule has 0 bridgehead atoms. The van der Waals surface area contributed by atoms with E-state index in [1.807, 2.05) is 36.4 Å². The smallest absolute Gasteiger partial charge is 0.344 e. The van der Waals surface area contributed by atoms with Crippen LogP contribution < -0.4 is 0 Å². The van der Waals surface area contributed by atoms with Gasteiger partial charge in [-0.2, -0.15) is 0 Å². The van der Waals surface area contributed by atoms with Gasteiger partial charge in [-0.05, 0) is 43.6 Å². The fourth-order valence-electron chi connectivity index (χ4n) is 4.10. The van der Waals surface area contributed by atoms with Crippen LogP contribution in [0.3, 0.4) is 0 Å². The second kappa shape index (κ2) is 5.83. The Kier molecular flexibility index (Phi) is 3.78. The van der Waals surface area contributed by atoms with Crippen molar-refractivity contribution in [2.75, 3.05) is 6.61 Å². The largest absolute Gasteiger partial charge is 0.464 e. The minimum atomic E-state index is -1.92. The average Bonchev–Trinajstić information content (AvgIpc) is 3.51. The second-order valence-electron chi connectivity index (χ2n) is 7.01. The van der Waals surface area contributed by atoms with Gasteiger partial charge in [-0.3, -0.25) is 4.99 Å². The number of hydrogen-bond donors (Lipinski definition) is 0. The maximum atomic E-state index is 15.7. The van der Waals surface area contributed by atoms with Gasteiger partial charge in [-0.15, -0.1) is 0 Å². The van der Waals surface area contributed by atoms with Gasteiger partial charge in [0.2, 0.25) is 5.67 Å². The minimum Gasteiger partial charge on any atom is -0.464 e. The number of esters is 1. The van der Waals surface area contributed by atoms with Crippen molar-refractivity contribution < 1.29 is 13.9 Å². The van der Waals surface area contributed by atoms with Crippen molar-refractivity contribution in [2.45, 2.75) is 37.8 Å². The number of carbonyl (C=O) groups excluding carboxylic acids is 1. The first-order chi connectivity index (χ1) is 11.7. The van der Waals surface area contributed by atoms with Crippen LogP contribution in [0.25, 0.3) is 0 Å². The number of aliphatic imine (C=N–C) groups is 1. The molecule has 1 heterocycles. The SMILES string of the molecule is CCOC(=O)C1(F)C(c2ccccc2)C1C1C=CN=C(C2CC2)C1. The quantitative estimate of drug-likeness (QED) is 0.765. The highest BCUT2D eigenvalue weighted by Crippen LogP contribution is 2.65. The summed E-state index contributed by atoms with van der Waals surface area (Å²) in [5.74, 6) is -0.918. The molecule has 0 spiro atoms. The number of allylic oxidation sites excluding steroid dienone is 1. The topological polar surface area (TPSA) is 38.7 Å². The van der Waals surface area contributed by atoms with E-state index in [2.05, 4.69) is 4.99 Å². The first-order valence-electron chi connectivity index (χ1n) is 8.80. The van der Waals surface area contributed by atoms with Gasteiger partial charge in [0, 0.05) is 23.7 Å². The van der Waals surface area contributed by atoms with Gasteiger partial charge in [0.05, 0.1) is 6.61 Å². The van der Waals surface area contributed by atoms with Crippen LogP contribution in [0.15, 0.2) is 47.6 Å². The lowest BCUT2D eigenvalue weighted by Crippen LogP contribution is -2.27. The lowest BCUT2D eigenvalue weighted by Gasteiger charge is -2.18. The molecule has 0 radical (unpaired) electrons. The van der Waals surface area contributed by atoms with Gasteiger partial charge in [-0.25, -0.2) is 9.18 Å². The Morgan fingerprint density at radius 2 is 2.08 bits per heavy atom. The van der Waals surface area contributed by atoms with Gasteiger partial charge >= 0.3 is 5.97 Å². The summed E-state index contributed by atoms with van der Waals surface area (Å²) in [5, 5.41) is 0. The summed E-state index contributed by atoms with van der Waals surface area (Å²) in [6.07, 6.45) is 6.90. The molecule has 1 aromatic carbocycles. The molecule has 0 aromatic heterocycles. The lowest BCUT2D eigenvalue weighted by atomic mass is 9.90. The fraction of sp³-hybridized carbons (Fsp3) is 0.500. The molecule has 4 unspecified atom stereocenters. The molecule has 24 heavy (non-hydrogen) atoms. The molecular weight excluding hydrogens is 305 g/mol. The molecule has 1 aromatic rings. The summed E-state index contributed by atoms with van der Waals surface area (Å²) in [6.45, 7) is 1.92. The Hall–Kier alpha value is -1.97. The van der Waals surface area contributed by atoms with E-state index in [0.29, 0.717) is 5.92 Å². The molecule has 4 heteroatoms. The Morgan fingerprint density at radius 1 is 1.33 bits per heavy atom. The van der Waals surface area contributed by atoms with Gasteiger partial charge < -0.3 is 4.74 Å². The number of halogens is 1. The minimum absolute atomic E-state index is 0.0118. The second-order valence-corrected chi connectivity index (χ2v) is 7.01. The molecule has 2 fully saturated rings. The predicted molar refractivity (Wildman–Crippen MR) is 90.6 cm³/mol. The number of ether oxygens (including phenoxy) is 1. The van der Waals surface area contributed by atoms with Crippen molar-refractivity contribution in [3.05, 3.63) is 48.2 Å². The Balaban J connectivity index is 1.61. The third-order valence-electron chi connectivity index (χ3n) is 5.46. The Labute approximate surface area is 141 Å². The molecule has 0 saturated heterocycles. The molecular formula is C20H22FNO2. The van der Waals surface area contributed by atoms with Crippen LogP contribution >= 0.6 is 0 Å². The van der Waals surface area contributed by atoms with Crippen molar-refractivity contribution in [3.8, 4) is 0 Å². The van der Waals surface area contributed by atoms with E-state index in [-0.39, 0.29) is 18.4 Å². The molecule has 0 amide bonds. The van der Waals surface area contributed by atoms with E-state index < -0.39 is 17.6 Å². The van der Waals surface area contributed by atoms with E-state index >= 15 is 4.39 Å². The van der Waals surface area contributed by atoms with E-state index in [1.54, 1.807) is 13.1 Å². The summed E-state index contributed by atoms with van der Waals surface area (Å²) in [7, 11) is 0. The van der Waals surface area contributed by atoms with E-state index in [1.165, 1.54) is 18.6 Å². The van der Waals surface area contributed by atoms with Crippen molar-refractivity contribution in [3.63, 3.8) is 0 Å². The van der Waals surface area contributed by atoms with E-state index in [9.17, 15) is 4.79 Å². The molecule has 0 N–H and O–H groups in total. The standard InChI is InChI=1S/C20H22FNO2/c1-2-24-19(23)20(21)17(14-6-4-3-5-7-14)18(20)15-10-11-22-16(12-15)13-8-9-13/h3-7,10-11,13,15,17-18H,2,8-9,12H2,1H3. The maximum Gasteiger partial charge on any atom is 0.344 e. The van der Waals surface area contributed by atoms with Crippen molar-refractivity contribution in [1.82, 2.24) is 0 Å². The van der Waals surface area contributed by atoms with Gasteiger partial charge in [-0.1, -0.05) is 36.4 Å². The third-order valence-corrected chi connectivity index (χ3v) is 5.46. The summed E-state index contributed by atoms with van der Waals surface area (Å²) in [6, 6.07) is 9.50. The van der Waals surface area contributed by atoms with Crippen LogP contribution in [0.5, 0.6) is 0 Å². The van der Waals surface area contributed by atoms with E-state index in [4.69, 9.17) is 4.74 Å². The van der Waals surface area contributed by atoms with Crippen molar-refractivity contribution >= 4 is 11.7 Å². The van der Waals surface area contributed by atoms with Gasteiger partial charge in [0.1, 0.15) is 0 Å². The van der Waals surface area contributed by atoms with E-state index in [0.717, 1.165) is 12.0 Å². The van der Waals surface area contributed by atoms with Crippen molar-refractivity contribution in [1.29, 1.82) is 0 Å². The summed E-state index contributed by atoms with van der Waals surface area (Å²) in [5.41, 5.74) is 0.132. The van der Waals surface area contributed by atoms with Crippen molar-refractivity contribution in [2.24, 2.45) is 22.7 Å². The third kappa shape index (κ3) is 2.48. The van der Waals surface area contributed by atoms with Gasteiger partial charge in [0.15, 0.2) is 0 Å². The molecule has 4 rings (SSSR count). The zero-order chi connectivity index (χ0) is 16.7. The van der Waals surface area contributed by atoms with Crippen LogP contribution in [0.2, 0.25) is 0 Å². The summed E-state index contributed by atoms with van der Waals surface area (Å²) < 4.78 is 20.7. The number of carbonyl (C=O) groups is 1. The monoisotopic (exact) mass is 327 g/mol. The first-order valence-corrected chi connectivity index (χ1v) is 8.80. The van der Waals surface area contributed by atoms with Crippen LogP contribution in [0.1, 0.15) is 37.7 Å². The molecule has 126 valence electrons. The van der Waals surface area contributed by atoms with Crippen LogP contribution in [0.4, 0.5) is 4.39 Å². The number of rotatable bonds is 5. The summed E-state index contributed by atoms with van der Waals surface area (Å²) in [4.78, 5) is 16.8. The zero-order valence-electron chi connectivity index (χ0n) is 13.8. The molecule has 1 aliphatic heterocycles. The molecule has 4 atom stereocenters. The highest BCUT2D eigenvalue weighted by molar-refractivity contribution is 5.91. The Bertz CT molecular complexity index is 695. The highest BCUT2D eigenvalue weighted by atomic mass is 19.1. The van der Waals surface area contributed by atoms with Crippen LogP contribution in [-0.4, -0.2) is 24.0 Å². The molecule has 2 aliphatic carbocycles. The zero-order valence-corrected chi connectivity index (χ0v) is 13.8. The number of hydrogen-bond acceptors (Lipinski definition) is 3. The Morgan fingerprint density at radius 3 is 2.75 bits per heavy atom. The highest BCUT2D eigenvalue weighted by Gasteiger charge is 2.74. The normalized spacial score (nSPS) is 34.6. The first kappa shape index (κ1) is 15.6. The number of nitrogens with zero attached hydrogens (tertiary/aromatic N) is 1. The summed E-state index contributed by atoms with van der Waals surface area (Å²) >= 11 is 0. The predicted octanol–water partition coefficient (Wildman–Crippen LogP) is 4.06. The maximum absolute atomic E-state index is 15.7. The molecule has 2 saturated carbocycles. The molecule has 3 aliphatic rings. The number of benzene rings is 1. The fourth-order valence-corrected chi connectivity index (χ4v) is 4.10. The average molecular weight is 327 g/mol. The molecule has 3 nitrogen and oxygen atoms in total. The lowest BCUT2D eigenvalue weighted by molar-refractivity contribution is -0.152. The van der Waals surface area contributed by atoms with Crippen LogP contribution in [-0.2, 0) is 9.53 Å². The number of alkyl halides is 1.